The van der Waals surface area contributed by atoms with Gasteiger partial charge in [-0.15, -0.1) is 0 Å². The lowest BCUT2D eigenvalue weighted by molar-refractivity contribution is 0.295. The molecule has 0 radical (unpaired) electrons. The third kappa shape index (κ3) is 2.91. The van der Waals surface area contributed by atoms with Crippen LogP contribution in [0, 0.1) is 0 Å². The third-order valence-corrected chi connectivity index (χ3v) is 4.23. The minimum absolute atomic E-state index is 0.194. The number of halogens is 2. The van der Waals surface area contributed by atoms with Gasteiger partial charge in [-0.1, -0.05) is 47.6 Å². The molecule has 0 spiro atoms. The van der Waals surface area contributed by atoms with Crippen LogP contribution in [0.1, 0.15) is 18.4 Å². The first-order valence-electron chi connectivity index (χ1n) is 5.56. The number of benzene rings is 1. The van der Waals surface area contributed by atoms with Crippen molar-refractivity contribution in [1.29, 1.82) is 0 Å². The van der Waals surface area contributed by atoms with Crippen molar-refractivity contribution in [2.45, 2.75) is 25.4 Å². The summed E-state index contributed by atoms with van der Waals surface area (Å²) < 4.78 is 0. The van der Waals surface area contributed by atoms with Crippen LogP contribution in [0.15, 0.2) is 18.2 Å². The number of hydrogen-bond donors (Lipinski definition) is 1. The van der Waals surface area contributed by atoms with E-state index in [4.69, 9.17) is 41.2 Å². The van der Waals surface area contributed by atoms with Gasteiger partial charge in [-0.3, -0.25) is 4.90 Å². The fourth-order valence-corrected chi connectivity index (χ4v) is 2.87. The van der Waals surface area contributed by atoms with E-state index in [-0.39, 0.29) is 6.04 Å². The van der Waals surface area contributed by atoms with Gasteiger partial charge < -0.3 is 5.73 Å². The number of rotatable bonds is 3. The van der Waals surface area contributed by atoms with Crippen LogP contribution in [-0.4, -0.2) is 22.5 Å². The third-order valence-electron chi connectivity index (χ3n) is 3.10. The van der Waals surface area contributed by atoms with E-state index in [0.717, 1.165) is 31.5 Å². The van der Waals surface area contributed by atoms with Crippen LogP contribution in [0.4, 0.5) is 0 Å². The van der Waals surface area contributed by atoms with Gasteiger partial charge in [0.15, 0.2) is 0 Å². The van der Waals surface area contributed by atoms with Crippen LogP contribution in [0.2, 0.25) is 10.0 Å². The van der Waals surface area contributed by atoms with Crippen molar-refractivity contribution in [3.63, 3.8) is 0 Å². The summed E-state index contributed by atoms with van der Waals surface area (Å²) in [6.45, 7) is 1.76. The predicted molar refractivity (Wildman–Crippen MR) is 76.7 cm³/mol. The smallest absolute Gasteiger partial charge is 0.0902 e. The molecule has 0 bridgehead atoms. The Kier molecular flexibility index (Phi) is 4.26. The summed E-state index contributed by atoms with van der Waals surface area (Å²) in [6.07, 6.45) is 2.16. The van der Waals surface area contributed by atoms with Gasteiger partial charge in [-0.25, -0.2) is 0 Å². The first kappa shape index (κ1) is 13.1. The van der Waals surface area contributed by atoms with Crippen molar-refractivity contribution in [2.75, 3.05) is 6.54 Å². The molecule has 1 heterocycles. The van der Waals surface area contributed by atoms with Gasteiger partial charge in [-0.2, -0.15) is 0 Å². The minimum atomic E-state index is 0.194. The summed E-state index contributed by atoms with van der Waals surface area (Å²) in [5.41, 5.74) is 6.77. The zero-order valence-electron chi connectivity index (χ0n) is 9.33. The Bertz CT molecular complexity index is 437. The van der Waals surface area contributed by atoms with E-state index in [1.165, 1.54) is 0 Å². The van der Waals surface area contributed by atoms with Gasteiger partial charge in [-0.05, 0) is 31.0 Å². The average Bonchev–Trinajstić information content (AvgIpc) is 2.73. The zero-order chi connectivity index (χ0) is 12.4. The second kappa shape index (κ2) is 5.53. The molecule has 1 atom stereocenters. The minimum Gasteiger partial charge on any atom is -0.392 e. The largest absolute Gasteiger partial charge is 0.392 e. The molecular weight excluding hydrogens is 275 g/mol. The number of nitrogens with zero attached hydrogens (tertiary/aromatic N) is 1. The Morgan fingerprint density at radius 3 is 2.94 bits per heavy atom. The Morgan fingerprint density at radius 2 is 2.24 bits per heavy atom. The van der Waals surface area contributed by atoms with E-state index in [9.17, 15) is 0 Å². The topological polar surface area (TPSA) is 29.3 Å². The monoisotopic (exact) mass is 288 g/mol. The van der Waals surface area contributed by atoms with Crippen molar-refractivity contribution in [3.8, 4) is 0 Å². The maximum Gasteiger partial charge on any atom is 0.0902 e. The summed E-state index contributed by atoms with van der Waals surface area (Å²) in [6, 6.07) is 5.89. The van der Waals surface area contributed by atoms with Gasteiger partial charge >= 0.3 is 0 Å². The number of likely N-dealkylation sites (tertiary alicyclic amines) is 1. The lowest BCUT2D eigenvalue weighted by atomic mass is 10.2. The lowest BCUT2D eigenvalue weighted by Gasteiger charge is -2.24. The summed E-state index contributed by atoms with van der Waals surface area (Å²) in [5.74, 6) is 0. The van der Waals surface area contributed by atoms with Crippen molar-refractivity contribution >= 4 is 40.4 Å². The molecule has 92 valence electrons. The highest BCUT2D eigenvalue weighted by Gasteiger charge is 2.27. The maximum atomic E-state index is 6.18. The van der Waals surface area contributed by atoms with E-state index in [1.54, 1.807) is 6.07 Å². The van der Waals surface area contributed by atoms with Gasteiger partial charge in [0.25, 0.3) is 0 Å². The Balaban J connectivity index is 2.15. The van der Waals surface area contributed by atoms with E-state index < -0.39 is 0 Å². The summed E-state index contributed by atoms with van der Waals surface area (Å²) in [4.78, 5) is 2.83. The average molecular weight is 289 g/mol. The lowest BCUT2D eigenvalue weighted by Crippen LogP contribution is -2.38. The number of thiocarbonyl (C=S) groups is 1. The molecule has 2 nitrogen and oxygen atoms in total. The quantitative estimate of drug-likeness (QED) is 0.866. The first-order chi connectivity index (χ1) is 8.09. The number of nitrogens with two attached hydrogens (primary N) is 1. The van der Waals surface area contributed by atoms with E-state index in [2.05, 4.69) is 4.90 Å². The van der Waals surface area contributed by atoms with E-state index in [1.807, 2.05) is 12.1 Å². The molecule has 1 aromatic rings. The van der Waals surface area contributed by atoms with Crippen LogP contribution >= 0.6 is 35.4 Å². The van der Waals surface area contributed by atoms with Gasteiger partial charge in [0.2, 0.25) is 0 Å². The fraction of sp³-hybridized carbons (Fsp3) is 0.417. The highest BCUT2D eigenvalue weighted by Crippen LogP contribution is 2.28. The second-order valence-electron chi connectivity index (χ2n) is 4.24. The first-order valence-corrected chi connectivity index (χ1v) is 6.72. The Hall–Kier alpha value is -0.350. The highest BCUT2D eigenvalue weighted by molar-refractivity contribution is 7.80. The van der Waals surface area contributed by atoms with Crippen LogP contribution in [0.3, 0.4) is 0 Å². The van der Waals surface area contributed by atoms with E-state index >= 15 is 0 Å². The summed E-state index contributed by atoms with van der Waals surface area (Å²) in [5, 5.41) is 1.22. The standard InChI is InChI=1S/C12H14Cl2N2S/c13-9-4-1-3-8(11(9)14)7-16-6-2-5-10(16)12(15)17/h1,3-4,10H,2,5-7H2,(H2,15,17). The molecule has 0 aromatic heterocycles. The molecule has 0 amide bonds. The van der Waals surface area contributed by atoms with E-state index in [0.29, 0.717) is 15.0 Å². The molecule has 2 rings (SSSR count). The van der Waals surface area contributed by atoms with Crippen molar-refractivity contribution in [1.82, 2.24) is 4.90 Å². The molecule has 1 aromatic carbocycles. The molecule has 0 saturated carbocycles. The highest BCUT2D eigenvalue weighted by atomic mass is 35.5. The van der Waals surface area contributed by atoms with Gasteiger partial charge in [0, 0.05) is 6.54 Å². The van der Waals surface area contributed by atoms with Crippen LogP contribution < -0.4 is 5.73 Å². The SMILES string of the molecule is NC(=S)C1CCCN1Cc1cccc(Cl)c1Cl. The molecule has 5 heteroatoms. The van der Waals surface area contributed by atoms with Gasteiger partial charge in [0.05, 0.1) is 21.1 Å². The molecule has 1 unspecified atom stereocenters. The maximum absolute atomic E-state index is 6.18. The number of hydrogen-bond acceptors (Lipinski definition) is 2. The van der Waals surface area contributed by atoms with Crippen molar-refractivity contribution in [2.24, 2.45) is 5.73 Å². The summed E-state index contributed by atoms with van der Waals surface area (Å²) >= 11 is 17.3. The Labute approximate surface area is 117 Å². The predicted octanol–water partition coefficient (Wildman–Crippen LogP) is 3.24. The van der Waals surface area contributed by atoms with Crippen LogP contribution in [-0.2, 0) is 6.54 Å². The zero-order valence-corrected chi connectivity index (χ0v) is 11.7. The molecule has 17 heavy (non-hydrogen) atoms. The molecule has 1 aliphatic heterocycles. The Morgan fingerprint density at radius 1 is 1.47 bits per heavy atom. The van der Waals surface area contributed by atoms with Gasteiger partial charge in [0.1, 0.15) is 0 Å². The molecule has 1 saturated heterocycles. The summed E-state index contributed by atoms with van der Waals surface area (Å²) in [7, 11) is 0. The van der Waals surface area contributed by atoms with Crippen LogP contribution in [0.5, 0.6) is 0 Å². The second-order valence-corrected chi connectivity index (χ2v) is 5.50. The normalized spacial score (nSPS) is 20.7. The molecule has 1 fully saturated rings. The molecule has 1 aliphatic rings. The molecule has 0 aliphatic carbocycles. The molecular formula is C12H14Cl2N2S. The van der Waals surface area contributed by atoms with Crippen molar-refractivity contribution in [3.05, 3.63) is 33.8 Å². The fourth-order valence-electron chi connectivity index (χ4n) is 2.23. The molecule has 2 N–H and O–H groups in total. The van der Waals surface area contributed by atoms with Crippen molar-refractivity contribution < 1.29 is 0 Å². The van der Waals surface area contributed by atoms with Crippen LogP contribution in [0.25, 0.3) is 0 Å².